The van der Waals surface area contributed by atoms with Gasteiger partial charge in [-0.2, -0.15) is 0 Å². The standard InChI is InChI=1S/C15H9N3OS2/c19-13-9-5-1-3-7-11(9)20-14(13)17-18-15-16-10-6-2-4-8-12(10)21-15/h1-8,19H. The number of nitrogens with zero attached hydrogens (tertiary/aromatic N) is 3. The zero-order valence-corrected chi connectivity index (χ0v) is 12.4. The molecule has 2 aromatic heterocycles. The van der Waals surface area contributed by atoms with Crippen LogP contribution in [0.2, 0.25) is 0 Å². The lowest BCUT2D eigenvalue weighted by atomic mass is 10.2. The van der Waals surface area contributed by atoms with E-state index in [1.807, 2.05) is 48.5 Å². The summed E-state index contributed by atoms with van der Waals surface area (Å²) in [5, 5.41) is 20.4. The minimum Gasteiger partial charge on any atom is -0.504 e. The average Bonchev–Trinajstić information content (AvgIpc) is 3.07. The quantitative estimate of drug-likeness (QED) is 0.487. The lowest BCUT2D eigenvalue weighted by Gasteiger charge is -1.88. The van der Waals surface area contributed by atoms with Crippen LogP contribution >= 0.6 is 22.7 Å². The van der Waals surface area contributed by atoms with Gasteiger partial charge in [0.1, 0.15) is 0 Å². The van der Waals surface area contributed by atoms with Crippen molar-refractivity contribution in [2.75, 3.05) is 0 Å². The molecule has 4 nitrogen and oxygen atoms in total. The van der Waals surface area contributed by atoms with Gasteiger partial charge in [-0.1, -0.05) is 35.6 Å². The van der Waals surface area contributed by atoms with Crippen LogP contribution in [0.3, 0.4) is 0 Å². The molecule has 4 rings (SSSR count). The first-order valence-electron chi connectivity index (χ1n) is 6.29. The van der Waals surface area contributed by atoms with Crippen molar-refractivity contribution in [2.24, 2.45) is 10.2 Å². The highest BCUT2D eigenvalue weighted by atomic mass is 32.1. The fourth-order valence-electron chi connectivity index (χ4n) is 2.08. The van der Waals surface area contributed by atoms with Gasteiger partial charge in [-0.15, -0.1) is 21.6 Å². The SMILES string of the molecule is Oc1c(N=Nc2nc3ccccc3s2)sc2ccccc12. The van der Waals surface area contributed by atoms with Crippen molar-refractivity contribution in [3.63, 3.8) is 0 Å². The van der Waals surface area contributed by atoms with Crippen LogP contribution in [0.5, 0.6) is 5.75 Å². The Morgan fingerprint density at radius 2 is 1.62 bits per heavy atom. The highest BCUT2D eigenvalue weighted by Crippen LogP contribution is 2.43. The molecule has 0 aliphatic rings. The molecule has 21 heavy (non-hydrogen) atoms. The first kappa shape index (κ1) is 12.4. The average molecular weight is 311 g/mol. The largest absolute Gasteiger partial charge is 0.504 e. The Balaban J connectivity index is 1.74. The molecule has 0 saturated carbocycles. The monoisotopic (exact) mass is 311 g/mol. The number of thiazole rings is 1. The molecule has 0 saturated heterocycles. The summed E-state index contributed by atoms with van der Waals surface area (Å²) in [5.74, 6) is 0.181. The zero-order chi connectivity index (χ0) is 14.2. The maximum absolute atomic E-state index is 10.1. The highest BCUT2D eigenvalue weighted by molar-refractivity contribution is 7.23. The molecule has 0 aliphatic heterocycles. The van der Waals surface area contributed by atoms with E-state index < -0.39 is 0 Å². The minimum atomic E-state index is 0.181. The van der Waals surface area contributed by atoms with Gasteiger partial charge in [0.25, 0.3) is 0 Å². The summed E-state index contributed by atoms with van der Waals surface area (Å²) in [5.41, 5.74) is 0.914. The summed E-state index contributed by atoms with van der Waals surface area (Å²) in [4.78, 5) is 4.39. The third-order valence-electron chi connectivity index (χ3n) is 3.06. The molecular formula is C15H9N3OS2. The molecule has 0 atom stereocenters. The number of azo groups is 1. The van der Waals surface area contributed by atoms with Crippen LogP contribution in [0, 0.1) is 0 Å². The smallest absolute Gasteiger partial charge is 0.231 e. The summed E-state index contributed by atoms with van der Waals surface area (Å²) in [6.45, 7) is 0. The number of thiophene rings is 1. The zero-order valence-electron chi connectivity index (χ0n) is 10.7. The van der Waals surface area contributed by atoms with Crippen LogP contribution in [0.4, 0.5) is 10.1 Å². The molecule has 2 heterocycles. The summed E-state index contributed by atoms with van der Waals surface area (Å²) < 4.78 is 2.07. The number of fused-ring (bicyclic) bond motifs is 2. The molecule has 0 unspecified atom stereocenters. The van der Waals surface area contributed by atoms with Crippen molar-refractivity contribution < 1.29 is 5.11 Å². The van der Waals surface area contributed by atoms with E-state index in [1.54, 1.807) is 0 Å². The van der Waals surface area contributed by atoms with Crippen molar-refractivity contribution in [1.29, 1.82) is 0 Å². The van der Waals surface area contributed by atoms with Gasteiger partial charge in [0.05, 0.1) is 10.2 Å². The van der Waals surface area contributed by atoms with Crippen LogP contribution in [0.25, 0.3) is 20.3 Å². The topological polar surface area (TPSA) is 57.8 Å². The van der Waals surface area contributed by atoms with Gasteiger partial charge in [0, 0.05) is 10.1 Å². The van der Waals surface area contributed by atoms with E-state index in [4.69, 9.17) is 0 Å². The van der Waals surface area contributed by atoms with Gasteiger partial charge in [-0.3, -0.25) is 0 Å². The van der Waals surface area contributed by atoms with Crippen molar-refractivity contribution in [3.05, 3.63) is 48.5 Å². The Hall–Kier alpha value is -2.31. The van der Waals surface area contributed by atoms with Crippen LogP contribution in [-0.2, 0) is 0 Å². The van der Waals surface area contributed by atoms with Crippen LogP contribution in [-0.4, -0.2) is 10.1 Å². The second-order valence-corrected chi connectivity index (χ2v) is 6.46. The van der Waals surface area contributed by atoms with Crippen LogP contribution in [0.1, 0.15) is 0 Å². The van der Waals surface area contributed by atoms with E-state index in [1.165, 1.54) is 22.7 Å². The van der Waals surface area contributed by atoms with Gasteiger partial charge in [0.15, 0.2) is 10.8 Å². The van der Waals surface area contributed by atoms with Gasteiger partial charge in [-0.25, -0.2) is 4.98 Å². The Morgan fingerprint density at radius 1 is 0.857 bits per heavy atom. The van der Waals surface area contributed by atoms with Crippen molar-refractivity contribution in [1.82, 2.24) is 4.98 Å². The third-order valence-corrected chi connectivity index (χ3v) is 5.03. The number of hydrogen-bond donors (Lipinski definition) is 1. The summed E-state index contributed by atoms with van der Waals surface area (Å²) in [6.07, 6.45) is 0. The Bertz CT molecular complexity index is 938. The molecule has 0 amide bonds. The van der Waals surface area contributed by atoms with Gasteiger partial charge < -0.3 is 5.11 Å². The molecule has 0 spiro atoms. The van der Waals surface area contributed by atoms with E-state index in [0.29, 0.717) is 10.1 Å². The fraction of sp³-hybridized carbons (Fsp3) is 0. The molecule has 6 heteroatoms. The number of rotatable bonds is 2. The first-order valence-corrected chi connectivity index (χ1v) is 7.92. The molecule has 102 valence electrons. The maximum atomic E-state index is 10.1. The number of hydrogen-bond acceptors (Lipinski definition) is 6. The minimum absolute atomic E-state index is 0.181. The normalized spacial score (nSPS) is 11.8. The Labute approximate surface area is 128 Å². The van der Waals surface area contributed by atoms with Crippen molar-refractivity contribution in [3.8, 4) is 5.75 Å². The van der Waals surface area contributed by atoms with Crippen molar-refractivity contribution in [2.45, 2.75) is 0 Å². The number of aromatic hydroxyl groups is 1. The van der Waals surface area contributed by atoms with Crippen molar-refractivity contribution >= 4 is 53.1 Å². The van der Waals surface area contributed by atoms with Gasteiger partial charge >= 0.3 is 0 Å². The molecule has 1 N–H and O–H groups in total. The highest BCUT2D eigenvalue weighted by Gasteiger charge is 2.10. The number of benzene rings is 2. The lowest BCUT2D eigenvalue weighted by molar-refractivity contribution is 0.484. The molecule has 0 radical (unpaired) electrons. The molecule has 0 aliphatic carbocycles. The summed E-state index contributed by atoms with van der Waals surface area (Å²) in [6, 6.07) is 15.5. The van der Waals surface area contributed by atoms with E-state index in [9.17, 15) is 5.11 Å². The van der Waals surface area contributed by atoms with Crippen LogP contribution in [0.15, 0.2) is 58.8 Å². The second-order valence-electron chi connectivity index (χ2n) is 4.42. The molecule has 4 aromatic rings. The molecule has 0 bridgehead atoms. The molecule has 0 fully saturated rings. The Kier molecular flexibility index (Phi) is 2.90. The molecule has 2 aromatic carbocycles. The van der Waals surface area contributed by atoms with Gasteiger partial charge in [0.2, 0.25) is 5.13 Å². The summed E-state index contributed by atoms with van der Waals surface area (Å²) in [7, 11) is 0. The number of para-hydroxylation sites is 1. The first-order chi connectivity index (χ1) is 10.3. The summed E-state index contributed by atoms with van der Waals surface area (Å²) >= 11 is 2.90. The second kappa shape index (κ2) is 4.91. The maximum Gasteiger partial charge on any atom is 0.231 e. The van der Waals surface area contributed by atoms with E-state index >= 15 is 0 Å². The van der Waals surface area contributed by atoms with E-state index in [2.05, 4.69) is 15.2 Å². The van der Waals surface area contributed by atoms with Gasteiger partial charge in [-0.05, 0) is 24.3 Å². The van der Waals surface area contributed by atoms with Crippen LogP contribution < -0.4 is 0 Å². The lowest BCUT2D eigenvalue weighted by Crippen LogP contribution is -1.63. The third kappa shape index (κ3) is 2.18. The fourth-order valence-corrected chi connectivity index (χ4v) is 3.78. The predicted molar refractivity (Wildman–Crippen MR) is 87.3 cm³/mol. The Morgan fingerprint density at radius 3 is 2.43 bits per heavy atom. The van der Waals surface area contributed by atoms with E-state index in [-0.39, 0.29) is 5.75 Å². The molecular weight excluding hydrogens is 302 g/mol. The van der Waals surface area contributed by atoms with E-state index in [0.717, 1.165) is 20.3 Å². The predicted octanol–water partition coefficient (Wildman–Crippen LogP) is 5.63. The number of aromatic nitrogens is 1.